The minimum Gasteiger partial charge on any atom is -0.314 e. The second-order valence-corrected chi connectivity index (χ2v) is 6.25. The molecule has 1 saturated heterocycles. The molecule has 0 saturated carbocycles. The van der Waals surface area contributed by atoms with Crippen molar-refractivity contribution in [1.29, 1.82) is 0 Å². The van der Waals surface area contributed by atoms with Crippen molar-refractivity contribution in [3.63, 3.8) is 0 Å². The molecule has 8 heteroatoms. The average Bonchev–Trinajstić information content (AvgIpc) is 3.10. The first kappa shape index (κ1) is 18.4. The van der Waals surface area contributed by atoms with Crippen LogP contribution in [0, 0.1) is 0 Å². The number of nitrogens with zero attached hydrogens (tertiary/aromatic N) is 6. The summed E-state index contributed by atoms with van der Waals surface area (Å²) in [5, 5.41) is 12.1. The lowest BCUT2D eigenvalue weighted by molar-refractivity contribution is 0.151. The van der Waals surface area contributed by atoms with E-state index in [9.17, 15) is 0 Å². The molecule has 1 N–H and O–H groups in total. The Balaban J connectivity index is 0.00000196. The largest absolute Gasteiger partial charge is 0.314 e. The van der Waals surface area contributed by atoms with Gasteiger partial charge in [0, 0.05) is 57.0 Å². The molecule has 4 heterocycles. The molecule has 4 rings (SSSR count). The Hall–Kier alpha value is -2.35. The van der Waals surface area contributed by atoms with E-state index in [2.05, 4.69) is 36.6 Å². The number of halogens is 1. The Morgan fingerprint density at radius 1 is 1.08 bits per heavy atom. The molecule has 1 fully saturated rings. The fourth-order valence-electron chi connectivity index (χ4n) is 3.21. The van der Waals surface area contributed by atoms with Crippen molar-refractivity contribution in [2.75, 3.05) is 19.6 Å². The van der Waals surface area contributed by atoms with Gasteiger partial charge in [0.25, 0.3) is 0 Å². The van der Waals surface area contributed by atoms with Gasteiger partial charge in [0.1, 0.15) is 0 Å². The van der Waals surface area contributed by atoms with Crippen LogP contribution in [0.15, 0.2) is 55.2 Å². The number of hydrogen-bond donors (Lipinski definition) is 1. The molecule has 0 radical (unpaired) electrons. The molecule has 7 nitrogen and oxygen atoms in total. The van der Waals surface area contributed by atoms with Crippen LogP contribution in [-0.2, 0) is 13.1 Å². The van der Waals surface area contributed by atoms with Gasteiger partial charge < -0.3 is 5.32 Å². The summed E-state index contributed by atoms with van der Waals surface area (Å²) in [5.41, 5.74) is 3.34. The average molecular weight is 372 g/mol. The van der Waals surface area contributed by atoms with E-state index in [-0.39, 0.29) is 12.4 Å². The van der Waals surface area contributed by atoms with E-state index in [4.69, 9.17) is 0 Å². The SMILES string of the molecule is Cl.c1cncc(Cn2cc(CN3CCNCC3c3cccnc3)nn2)c1. The van der Waals surface area contributed by atoms with Crippen molar-refractivity contribution in [2.45, 2.75) is 19.1 Å². The monoisotopic (exact) mass is 371 g/mol. The molecule has 1 aliphatic heterocycles. The number of rotatable bonds is 5. The fourth-order valence-corrected chi connectivity index (χ4v) is 3.21. The van der Waals surface area contributed by atoms with Crippen LogP contribution < -0.4 is 5.32 Å². The Labute approximate surface area is 158 Å². The van der Waals surface area contributed by atoms with Gasteiger partial charge in [0.2, 0.25) is 0 Å². The van der Waals surface area contributed by atoms with Crippen LogP contribution in [0.25, 0.3) is 0 Å². The highest BCUT2D eigenvalue weighted by Gasteiger charge is 2.24. The first-order valence-corrected chi connectivity index (χ1v) is 8.51. The maximum Gasteiger partial charge on any atom is 0.0967 e. The van der Waals surface area contributed by atoms with Crippen molar-refractivity contribution in [3.8, 4) is 0 Å². The molecule has 3 aromatic heterocycles. The molecule has 0 aromatic carbocycles. The minimum atomic E-state index is 0. The molecule has 3 aromatic rings. The molecular formula is C18H22ClN7. The number of pyridine rings is 2. The van der Waals surface area contributed by atoms with Crippen molar-refractivity contribution in [3.05, 3.63) is 72.1 Å². The zero-order chi connectivity index (χ0) is 16.9. The van der Waals surface area contributed by atoms with Crippen LogP contribution in [0.3, 0.4) is 0 Å². The van der Waals surface area contributed by atoms with E-state index in [1.54, 1.807) is 6.20 Å². The molecule has 0 amide bonds. The Bertz CT molecular complexity index is 794. The molecule has 0 aliphatic carbocycles. The Kier molecular flexibility index (Phi) is 6.27. The van der Waals surface area contributed by atoms with E-state index in [0.29, 0.717) is 12.6 Å². The van der Waals surface area contributed by atoms with Crippen LogP contribution in [0.4, 0.5) is 0 Å². The summed E-state index contributed by atoms with van der Waals surface area (Å²) >= 11 is 0. The second-order valence-electron chi connectivity index (χ2n) is 6.25. The first-order valence-electron chi connectivity index (χ1n) is 8.51. The molecular weight excluding hydrogens is 350 g/mol. The summed E-state index contributed by atoms with van der Waals surface area (Å²) in [5.74, 6) is 0. The highest BCUT2D eigenvalue weighted by atomic mass is 35.5. The van der Waals surface area contributed by atoms with Crippen molar-refractivity contribution in [2.24, 2.45) is 0 Å². The van der Waals surface area contributed by atoms with Crippen molar-refractivity contribution in [1.82, 2.24) is 35.2 Å². The first-order chi connectivity index (χ1) is 12.4. The molecule has 0 spiro atoms. The zero-order valence-electron chi connectivity index (χ0n) is 14.4. The standard InChI is InChI=1S/C18H21N7.ClH/c1-3-15(9-19-5-1)12-25-14-17(22-23-25)13-24-8-7-21-11-18(24)16-4-2-6-20-10-16;/h1-6,9-10,14,18,21H,7-8,11-13H2;1H. The molecule has 0 bridgehead atoms. The van der Waals surface area contributed by atoms with Crippen LogP contribution in [0.1, 0.15) is 22.9 Å². The maximum atomic E-state index is 4.35. The number of nitrogens with one attached hydrogen (secondary N) is 1. The van der Waals surface area contributed by atoms with Gasteiger partial charge in [0.15, 0.2) is 0 Å². The van der Waals surface area contributed by atoms with Crippen LogP contribution in [-0.4, -0.2) is 49.5 Å². The Morgan fingerprint density at radius 3 is 2.69 bits per heavy atom. The smallest absolute Gasteiger partial charge is 0.0967 e. The van der Waals surface area contributed by atoms with E-state index in [0.717, 1.165) is 37.4 Å². The quantitative estimate of drug-likeness (QED) is 0.735. The highest BCUT2D eigenvalue weighted by Crippen LogP contribution is 2.22. The van der Waals surface area contributed by atoms with Gasteiger partial charge in [-0.2, -0.15) is 0 Å². The van der Waals surface area contributed by atoms with Gasteiger partial charge in [-0.3, -0.25) is 14.9 Å². The normalized spacial score (nSPS) is 17.6. The number of hydrogen-bond acceptors (Lipinski definition) is 6. The molecule has 1 atom stereocenters. The Morgan fingerprint density at radius 2 is 1.92 bits per heavy atom. The predicted octanol–water partition coefficient (Wildman–Crippen LogP) is 1.68. The predicted molar refractivity (Wildman–Crippen MR) is 101 cm³/mol. The third-order valence-electron chi connectivity index (χ3n) is 4.44. The topological polar surface area (TPSA) is 71.8 Å². The maximum absolute atomic E-state index is 4.35. The molecule has 26 heavy (non-hydrogen) atoms. The third-order valence-corrected chi connectivity index (χ3v) is 4.44. The highest BCUT2D eigenvalue weighted by molar-refractivity contribution is 5.85. The van der Waals surface area contributed by atoms with Gasteiger partial charge in [-0.1, -0.05) is 17.3 Å². The summed E-state index contributed by atoms with van der Waals surface area (Å²) < 4.78 is 1.87. The molecule has 1 aliphatic rings. The summed E-state index contributed by atoms with van der Waals surface area (Å²) in [6, 6.07) is 8.42. The third kappa shape index (κ3) is 4.43. The summed E-state index contributed by atoms with van der Waals surface area (Å²) in [6.45, 7) is 4.37. The zero-order valence-corrected chi connectivity index (χ0v) is 15.2. The van der Waals surface area contributed by atoms with Crippen molar-refractivity contribution >= 4 is 12.4 Å². The van der Waals surface area contributed by atoms with E-state index in [1.165, 1.54) is 5.56 Å². The van der Waals surface area contributed by atoms with Gasteiger partial charge >= 0.3 is 0 Å². The van der Waals surface area contributed by atoms with Crippen LogP contribution in [0.2, 0.25) is 0 Å². The van der Waals surface area contributed by atoms with Crippen LogP contribution >= 0.6 is 12.4 Å². The fraction of sp³-hybridized carbons (Fsp3) is 0.333. The summed E-state index contributed by atoms with van der Waals surface area (Å²) in [6.07, 6.45) is 9.42. The lowest BCUT2D eigenvalue weighted by Crippen LogP contribution is -2.45. The van der Waals surface area contributed by atoms with Gasteiger partial charge in [0.05, 0.1) is 18.4 Å². The van der Waals surface area contributed by atoms with E-state index >= 15 is 0 Å². The van der Waals surface area contributed by atoms with Gasteiger partial charge in [-0.25, -0.2) is 4.68 Å². The number of aromatic nitrogens is 5. The van der Waals surface area contributed by atoms with E-state index in [1.807, 2.05) is 47.7 Å². The van der Waals surface area contributed by atoms with Crippen molar-refractivity contribution < 1.29 is 0 Å². The lowest BCUT2D eigenvalue weighted by atomic mass is 10.1. The minimum absolute atomic E-state index is 0. The molecule has 136 valence electrons. The number of piperazine rings is 1. The lowest BCUT2D eigenvalue weighted by Gasteiger charge is -2.35. The second kappa shape index (κ2) is 8.84. The summed E-state index contributed by atoms with van der Waals surface area (Å²) in [4.78, 5) is 10.8. The van der Waals surface area contributed by atoms with Crippen LogP contribution in [0.5, 0.6) is 0 Å². The molecule has 1 unspecified atom stereocenters. The van der Waals surface area contributed by atoms with Gasteiger partial charge in [-0.05, 0) is 23.3 Å². The van der Waals surface area contributed by atoms with Gasteiger partial charge in [-0.15, -0.1) is 17.5 Å². The van der Waals surface area contributed by atoms with E-state index < -0.39 is 0 Å². The summed E-state index contributed by atoms with van der Waals surface area (Å²) in [7, 11) is 0.